The summed E-state index contributed by atoms with van der Waals surface area (Å²) in [6.45, 7) is 2.42. The van der Waals surface area contributed by atoms with Crippen molar-refractivity contribution in [2.45, 2.75) is 51.6 Å². The number of hydrogen-bond acceptors (Lipinski definition) is 3. The number of rotatable bonds is 4. The molecule has 1 saturated carbocycles. The van der Waals surface area contributed by atoms with Crippen LogP contribution >= 0.6 is 15.9 Å². The van der Waals surface area contributed by atoms with Crippen LogP contribution in [-0.2, 0) is 6.54 Å². The standard InChI is InChI=1S/C15H20BrN3O/c1-3-9-19-15(20)14(16)13(10-17-19)18-12-8-6-5-7-11(12)4-2/h1,10-12,18H,4-9H2,2H3. The van der Waals surface area contributed by atoms with Gasteiger partial charge in [0.15, 0.2) is 0 Å². The number of hydrogen-bond donors (Lipinski definition) is 1. The molecule has 1 heterocycles. The van der Waals surface area contributed by atoms with Gasteiger partial charge in [0.2, 0.25) is 0 Å². The van der Waals surface area contributed by atoms with Gasteiger partial charge in [-0.15, -0.1) is 6.42 Å². The van der Waals surface area contributed by atoms with Crippen molar-refractivity contribution in [1.82, 2.24) is 9.78 Å². The fourth-order valence-corrected chi connectivity index (χ4v) is 3.27. The highest BCUT2D eigenvalue weighted by Crippen LogP contribution is 2.30. The zero-order chi connectivity index (χ0) is 14.5. The largest absolute Gasteiger partial charge is 0.380 e. The number of aromatic nitrogens is 2. The molecule has 0 aliphatic heterocycles. The summed E-state index contributed by atoms with van der Waals surface area (Å²) in [4.78, 5) is 12.1. The first-order valence-electron chi connectivity index (χ1n) is 7.13. The first kappa shape index (κ1) is 15.1. The van der Waals surface area contributed by atoms with Gasteiger partial charge in [0.1, 0.15) is 11.0 Å². The minimum atomic E-state index is -0.184. The molecule has 1 aromatic rings. The zero-order valence-corrected chi connectivity index (χ0v) is 13.3. The highest BCUT2D eigenvalue weighted by molar-refractivity contribution is 9.10. The average Bonchev–Trinajstić information content (AvgIpc) is 2.47. The molecule has 4 nitrogen and oxygen atoms in total. The van der Waals surface area contributed by atoms with E-state index in [1.165, 1.54) is 23.9 Å². The van der Waals surface area contributed by atoms with Gasteiger partial charge < -0.3 is 5.32 Å². The van der Waals surface area contributed by atoms with Crippen LogP contribution < -0.4 is 10.9 Å². The smallest absolute Gasteiger partial charge is 0.284 e. The molecule has 0 aromatic carbocycles. The van der Waals surface area contributed by atoms with E-state index in [0.717, 1.165) is 18.5 Å². The molecule has 20 heavy (non-hydrogen) atoms. The van der Waals surface area contributed by atoms with Crippen LogP contribution in [-0.4, -0.2) is 15.8 Å². The van der Waals surface area contributed by atoms with Crippen LogP contribution in [0.5, 0.6) is 0 Å². The third kappa shape index (κ3) is 3.24. The summed E-state index contributed by atoms with van der Waals surface area (Å²) in [5, 5.41) is 7.60. The number of terminal acetylenes is 1. The fraction of sp³-hybridized carbons (Fsp3) is 0.600. The molecule has 1 aromatic heterocycles. The highest BCUT2D eigenvalue weighted by atomic mass is 79.9. The SMILES string of the molecule is C#CCn1ncc(NC2CCCCC2CC)c(Br)c1=O. The maximum absolute atomic E-state index is 12.1. The van der Waals surface area contributed by atoms with Gasteiger partial charge >= 0.3 is 0 Å². The number of halogens is 1. The predicted octanol–water partition coefficient (Wildman–Crippen LogP) is 3.02. The van der Waals surface area contributed by atoms with Crippen molar-refractivity contribution in [2.24, 2.45) is 5.92 Å². The summed E-state index contributed by atoms with van der Waals surface area (Å²) in [7, 11) is 0. The second-order valence-electron chi connectivity index (χ2n) is 5.24. The second-order valence-corrected chi connectivity index (χ2v) is 6.04. The van der Waals surface area contributed by atoms with Gasteiger partial charge in [0, 0.05) is 6.04 Å². The Morgan fingerprint density at radius 1 is 1.55 bits per heavy atom. The molecule has 1 aliphatic carbocycles. The van der Waals surface area contributed by atoms with Gasteiger partial charge in [-0.1, -0.05) is 32.1 Å². The van der Waals surface area contributed by atoms with Crippen LogP contribution in [0.3, 0.4) is 0 Å². The van der Waals surface area contributed by atoms with Crippen molar-refractivity contribution in [3.8, 4) is 12.3 Å². The molecule has 0 radical (unpaired) electrons. The molecule has 2 atom stereocenters. The van der Waals surface area contributed by atoms with Gasteiger partial charge in [-0.05, 0) is 34.7 Å². The minimum absolute atomic E-state index is 0.184. The number of nitrogens with zero attached hydrogens (tertiary/aromatic N) is 2. The van der Waals surface area contributed by atoms with E-state index in [0.29, 0.717) is 16.4 Å². The Morgan fingerprint density at radius 2 is 2.30 bits per heavy atom. The van der Waals surface area contributed by atoms with E-state index in [1.807, 2.05) is 0 Å². The van der Waals surface area contributed by atoms with Crippen molar-refractivity contribution >= 4 is 21.6 Å². The lowest BCUT2D eigenvalue weighted by molar-refractivity contribution is 0.317. The van der Waals surface area contributed by atoms with Crippen molar-refractivity contribution in [3.05, 3.63) is 21.0 Å². The number of nitrogens with one attached hydrogen (secondary N) is 1. The van der Waals surface area contributed by atoms with Gasteiger partial charge in [-0.3, -0.25) is 4.79 Å². The molecule has 0 bridgehead atoms. The van der Waals surface area contributed by atoms with E-state index in [-0.39, 0.29) is 12.1 Å². The monoisotopic (exact) mass is 337 g/mol. The average molecular weight is 338 g/mol. The molecule has 1 N–H and O–H groups in total. The molecule has 5 heteroatoms. The summed E-state index contributed by atoms with van der Waals surface area (Å²) in [6, 6.07) is 0.426. The van der Waals surface area contributed by atoms with E-state index in [9.17, 15) is 4.79 Å². The molecule has 1 aliphatic rings. The number of anilines is 1. The first-order chi connectivity index (χ1) is 9.67. The lowest BCUT2D eigenvalue weighted by Crippen LogP contribution is -2.33. The summed E-state index contributed by atoms with van der Waals surface area (Å²) < 4.78 is 1.80. The molecule has 2 unspecified atom stereocenters. The first-order valence-corrected chi connectivity index (χ1v) is 7.92. The maximum atomic E-state index is 12.1. The van der Waals surface area contributed by atoms with Crippen molar-refractivity contribution in [1.29, 1.82) is 0 Å². The lowest BCUT2D eigenvalue weighted by Gasteiger charge is -2.32. The van der Waals surface area contributed by atoms with Crippen LogP contribution in [0.1, 0.15) is 39.0 Å². The third-order valence-corrected chi connectivity index (χ3v) is 4.77. The van der Waals surface area contributed by atoms with E-state index in [2.05, 4.69) is 39.2 Å². The topological polar surface area (TPSA) is 46.9 Å². The maximum Gasteiger partial charge on any atom is 0.284 e. The summed E-state index contributed by atoms with van der Waals surface area (Å²) in [6.07, 6.45) is 13.0. The van der Waals surface area contributed by atoms with Crippen LogP contribution in [0.4, 0.5) is 5.69 Å². The van der Waals surface area contributed by atoms with Gasteiger partial charge in [-0.2, -0.15) is 5.10 Å². The van der Waals surface area contributed by atoms with Crippen molar-refractivity contribution < 1.29 is 0 Å². The van der Waals surface area contributed by atoms with Crippen LogP contribution in [0, 0.1) is 18.3 Å². The normalized spacial score (nSPS) is 22.2. The van der Waals surface area contributed by atoms with Crippen molar-refractivity contribution in [2.75, 3.05) is 5.32 Å². The Morgan fingerprint density at radius 3 is 3.00 bits per heavy atom. The fourth-order valence-electron chi connectivity index (χ4n) is 2.85. The molecule has 0 spiro atoms. The van der Waals surface area contributed by atoms with E-state index >= 15 is 0 Å². The van der Waals surface area contributed by atoms with Gasteiger partial charge in [-0.25, -0.2) is 4.68 Å². The quantitative estimate of drug-likeness (QED) is 0.859. The Labute approximate surface area is 128 Å². The molecule has 2 rings (SSSR count). The zero-order valence-electron chi connectivity index (χ0n) is 11.7. The Bertz CT molecular complexity index is 561. The molecular weight excluding hydrogens is 318 g/mol. The summed E-state index contributed by atoms with van der Waals surface area (Å²) in [5.41, 5.74) is 0.588. The van der Waals surface area contributed by atoms with E-state index in [4.69, 9.17) is 6.42 Å². The van der Waals surface area contributed by atoms with Crippen LogP contribution in [0.25, 0.3) is 0 Å². The predicted molar refractivity (Wildman–Crippen MR) is 84.7 cm³/mol. The molecule has 1 fully saturated rings. The molecular formula is C15H20BrN3O. The van der Waals surface area contributed by atoms with Crippen molar-refractivity contribution in [3.63, 3.8) is 0 Å². The Hall–Kier alpha value is -1.28. The molecule has 108 valence electrons. The Balaban J connectivity index is 2.19. The lowest BCUT2D eigenvalue weighted by atomic mass is 9.83. The molecule has 0 saturated heterocycles. The minimum Gasteiger partial charge on any atom is -0.380 e. The Kier molecular flexibility index (Phi) is 5.24. The summed E-state index contributed by atoms with van der Waals surface area (Å²) >= 11 is 3.37. The van der Waals surface area contributed by atoms with Gasteiger partial charge in [0.05, 0.1) is 11.9 Å². The van der Waals surface area contributed by atoms with E-state index < -0.39 is 0 Å². The molecule has 0 amide bonds. The van der Waals surface area contributed by atoms with E-state index in [1.54, 1.807) is 6.20 Å². The van der Waals surface area contributed by atoms with Crippen LogP contribution in [0.15, 0.2) is 15.5 Å². The van der Waals surface area contributed by atoms with Gasteiger partial charge in [0.25, 0.3) is 5.56 Å². The summed E-state index contributed by atoms with van der Waals surface area (Å²) in [5.74, 6) is 3.10. The highest BCUT2D eigenvalue weighted by Gasteiger charge is 2.24. The third-order valence-electron chi connectivity index (χ3n) is 4.00. The van der Waals surface area contributed by atoms with Crippen LogP contribution in [0.2, 0.25) is 0 Å². The second kappa shape index (κ2) is 6.94.